The van der Waals surface area contributed by atoms with Crippen molar-refractivity contribution >= 4 is 11.8 Å². The normalized spacial score (nSPS) is 25.9. The molecule has 0 aromatic rings. The minimum Gasteiger partial charge on any atom is -0.370 e. The molecule has 5 nitrogen and oxygen atoms in total. The highest BCUT2D eigenvalue weighted by molar-refractivity contribution is 5.85. The second kappa shape index (κ2) is 5.12. The number of nitrogens with one attached hydrogen (secondary N) is 1. The predicted molar refractivity (Wildman–Crippen MR) is 69.4 cm³/mol. The maximum absolute atomic E-state index is 11.9. The van der Waals surface area contributed by atoms with E-state index in [0.29, 0.717) is 18.6 Å². The van der Waals surface area contributed by atoms with Gasteiger partial charge in [0.2, 0.25) is 11.8 Å². The molecular formula is C14H22N2O3. The smallest absolute Gasteiger partial charge is 0.249 e. The summed E-state index contributed by atoms with van der Waals surface area (Å²) in [5.41, 5.74) is 0.394. The molecule has 1 heterocycles. The van der Waals surface area contributed by atoms with Crippen molar-refractivity contribution in [2.24, 2.45) is 11.3 Å². The van der Waals surface area contributed by atoms with Gasteiger partial charge in [0.25, 0.3) is 0 Å². The average molecular weight is 266 g/mol. The fourth-order valence-corrected chi connectivity index (χ4v) is 3.28. The van der Waals surface area contributed by atoms with Crippen LogP contribution < -0.4 is 5.32 Å². The summed E-state index contributed by atoms with van der Waals surface area (Å²) < 4.78 is 5.05. The third-order valence-electron chi connectivity index (χ3n) is 4.85. The Morgan fingerprint density at radius 2 is 2.21 bits per heavy atom. The predicted octanol–water partition coefficient (Wildman–Crippen LogP) is 0.542. The van der Waals surface area contributed by atoms with Crippen LogP contribution in [0, 0.1) is 11.3 Å². The number of hydrogen-bond acceptors (Lipinski definition) is 3. The van der Waals surface area contributed by atoms with Gasteiger partial charge in [-0.25, -0.2) is 0 Å². The van der Waals surface area contributed by atoms with Gasteiger partial charge in [-0.3, -0.25) is 9.59 Å². The summed E-state index contributed by atoms with van der Waals surface area (Å²) in [4.78, 5) is 25.1. The molecule has 2 amide bonds. The van der Waals surface area contributed by atoms with Gasteiger partial charge >= 0.3 is 0 Å². The Bertz CT molecular complexity index is 375. The SMILES string of the molecule is O=C(CN1CCOCC1=O)NCC1(C2CC2)CCC1. The highest BCUT2D eigenvalue weighted by Gasteiger charge is 2.48. The van der Waals surface area contributed by atoms with Crippen LogP contribution >= 0.6 is 0 Å². The maximum atomic E-state index is 11.9. The van der Waals surface area contributed by atoms with Crippen LogP contribution in [0.3, 0.4) is 0 Å². The largest absolute Gasteiger partial charge is 0.370 e. The molecule has 3 rings (SSSR count). The van der Waals surface area contributed by atoms with Crippen LogP contribution in [-0.2, 0) is 14.3 Å². The van der Waals surface area contributed by atoms with Crippen molar-refractivity contribution in [2.75, 3.05) is 32.8 Å². The van der Waals surface area contributed by atoms with E-state index in [1.165, 1.54) is 32.1 Å². The van der Waals surface area contributed by atoms with Gasteiger partial charge in [-0.1, -0.05) is 6.42 Å². The molecule has 2 aliphatic carbocycles. The van der Waals surface area contributed by atoms with Crippen molar-refractivity contribution in [1.82, 2.24) is 10.2 Å². The lowest BCUT2D eigenvalue weighted by Gasteiger charge is -2.42. The zero-order valence-corrected chi connectivity index (χ0v) is 11.3. The summed E-state index contributed by atoms with van der Waals surface area (Å²) in [6, 6.07) is 0. The molecule has 0 atom stereocenters. The Morgan fingerprint density at radius 1 is 1.42 bits per heavy atom. The molecule has 0 radical (unpaired) electrons. The Morgan fingerprint density at radius 3 is 2.79 bits per heavy atom. The lowest BCUT2D eigenvalue weighted by Crippen LogP contribution is -2.49. The molecule has 1 aliphatic heterocycles. The molecule has 0 bridgehead atoms. The monoisotopic (exact) mass is 266 g/mol. The standard InChI is InChI=1S/C14H22N2O3/c17-12(8-16-6-7-19-9-13(16)18)15-10-14(4-1-5-14)11-2-3-11/h11H,1-10H2,(H,15,17). The van der Waals surface area contributed by atoms with Crippen molar-refractivity contribution in [3.63, 3.8) is 0 Å². The maximum Gasteiger partial charge on any atom is 0.249 e. The molecule has 19 heavy (non-hydrogen) atoms. The van der Waals surface area contributed by atoms with E-state index in [9.17, 15) is 9.59 Å². The number of rotatable bonds is 5. The van der Waals surface area contributed by atoms with E-state index >= 15 is 0 Å². The number of carbonyl (C=O) groups excluding carboxylic acids is 2. The van der Waals surface area contributed by atoms with Gasteiger partial charge in [-0.05, 0) is 37.0 Å². The molecule has 106 valence electrons. The summed E-state index contributed by atoms with van der Waals surface area (Å²) in [6.07, 6.45) is 6.48. The van der Waals surface area contributed by atoms with Gasteiger partial charge in [0.05, 0.1) is 13.2 Å². The minimum atomic E-state index is -0.0815. The Hall–Kier alpha value is -1.10. The first-order valence-corrected chi connectivity index (χ1v) is 7.32. The van der Waals surface area contributed by atoms with E-state index in [1.54, 1.807) is 4.90 Å². The first-order chi connectivity index (χ1) is 9.20. The van der Waals surface area contributed by atoms with E-state index in [0.717, 1.165) is 12.5 Å². The topological polar surface area (TPSA) is 58.6 Å². The molecule has 1 N–H and O–H groups in total. The van der Waals surface area contributed by atoms with E-state index in [4.69, 9.17) is 4.74 Å². The minimum absolute atomic E-state index is 0.0258. The molecule has 2 saturated carbocycles. The Labute approximate surface area is 113 Å². The molecule has 0 aromatic heterocycles. The Balaban J connectivity index is 1.44. The summed E-state index contributed by atoms with van der Waals surface area (Å²) in [6.45, 7) is 2.16. The van der Waals surface area contributed by atoms with Crippen molar-refractivity contribution in [2.45, 2.75) is 32.1 Å². The molecule has 1 saturated heterocycles. The number of nitrogens with zero attached hydrogens (tertiary/aromatic N) is 1. The first-order valence-electron chi connectivity index (χ1n) is 7.32. The fourth-order valence-electron chi connectivity index (χ4n) is 3.28. The molecular weight excluding hydrogens is 244 g/mol. The Kier molecular flexibility index (Phi) is 3.48. The number of amides is 2. The van der Waals surface area contributed by atoms with Gasteiger partial charge in [-0.15, -0.1) is 0 Å². The third-order valence-corrected chi connectivity index (χ3v) is 4.85. The lowest BCUT2D eigenvalue weighted by atomic mass is 9.65. The molecule has 3 fully saturated rings. The highest BCUT2D eigenvalue weighted by Crippen LogP contribution is 2.56. The third kappa shape index (κ3) is 2.76. The van der Waals surface area contributed by atoms with E-state index < -0.39 is 0 Å². The van der Waals surface area contributed by atoms with Crippen LogP contribution in [0.2, 0.25) is 0 Å². The van der Waals surface area contributed by atoms with Crippen LogP contribution in [0.4, 0.5) is 0 Å². The second-order valence-electron chi connectivity index (χ2n) is 6.13. The van der Waals surface area contributed by atoms with Crippen molar-refractivity contribution < 1.29 is 14.3 Å². The van der Waals surface area contributed by atoms with Gasteiger partial charge in [0.1, 0.15) is 6.61 Å². The average Bonchev–Trinajstić information content (AvgIpc) is 3.15. The first kappa shape index (κ1) is 12.9. The zero-order chi connectivity index (χ0) is 13.3. The van der Waals surface area contributed by atoms with Gasteiger partial charge in [-0.2, -0.15) is 0 Å². The molecule has 3 aliphatic rings. The van der Waals surface area contributed by atoms with Crippen LogP contribution in [0.15, 0.2) is 0 Å². The summed E-state index contributed by atoms with van der Waals surface area (Å²) in [7, 11) is 0. The molecule has 5 heteroatoms. The van der Waals surface area contributed by atoms with Crippen molar-refractivity contribution in [1.29, 1.82) is 0 Å². The van der Waals surface area contributed by atoms with Gasteiger partial charge in [0.15, 0.2) is 0 Å². The van der Waals surface area contributed by atoms with E-state index in [2.05, 4.69) is 5.32 Å². The van der Waals surface area contributed by atoms with Crippen molar-refractivity contribution in [3.05, 3.63) is 0 Å². The van der Waals surface area contributed by atoms with E-state index in [1.807, 2.05) is 0 Å². The van der Waals surface area contributed by atoms with Crippen LogP contribution in [0.25, 0.3) is 0 Å². The number of morpholine rings is 1. The number of hydrogen-bond donors (Lipinski definition) is 1. The van der Waals surface area contributed by atoms with Gasteiger partial charge in [0, 0.05) is 13.1 Å². The summed E-state index contributed by atoms with van der Waals surface area (Å²) >= 11 is 0. The molecule has 0 unspecified atom stereocenters. The summed E-state index contributed by atoms with van der Waals surface area (Å²) in [5, 5.41) is 3.04. The van der Waals surface area contributed by atoms with Crippen LogP contribution in [0.5, 0.6) is 0 Å². The number of carbonyl (C=O) groups is 2. The van der Waals surface area contributed by atoms with Gasteiger partial charge < -0.3 is 15.0 Å². The highest BCUT2D eigenvalue weighted by atomic mass is 16.5. The fraction of sp³-hybridized carbons (Fsp3) is 0.857. The number of ether oxygens (including phenoxy) is 1. The lowest BCUT2D eigenvalue weighted by molar-refractivity contribution is -0.146. The van der Waals surface area contributed by atoms with Crippen LogP contribution in [-0.4, -0.2) is 49.6 Å². The molecule has 0 aromatic carbocycles. The van der Waals surface area contributed by atoms with E-state index in [-0.39, 0.29) is 25.0 Å². The quantitative estimate of drug-likeness (QED) is 0.790. The second-order valence-corrected chi connectivity index (χ2v) is 6.13. The van der Waals surface area contributed by atoms with Crippen molar-refractivity contribution in [3.8, 4) is 0 Å². The molecule has 0 spiro atoms. The summed E-state index contributed by atoms with van der Waals surface area (Å²) in [5.74, 6) is 0.732. The zero-order valence-electron chi connectivity index (χ0n) is 11.3. The van der Waals surface area contributed by atoms with Crippen LogP contribution in [0.1, 0.15) is 32.1 Å².